The molecule has 3 aromatic carbocycles. The van der Waals surface area contributed by atoms with Crippen molar-refractivity contribution in [3.05, 3.63) is 90.0 Å². The van der Waals surface area contributed by atoms with Crippen molar-refractivity contribution in [1.29, 1.82) is 0 Å². The number of hydrogen-bond acceptors (Lipinski definition) is 5. The number of esters is 1. The van der Waals surface area contributed by atoms with Crippen LogP contribution in [0.2, 0.25) is 0 Å². The van der Waals surface area contributed by atoms with Gasteiger partial charge in [-0.1, -0.05) is 30.3 Å². The van der Waals surface area contributed by atoms with Gasteiger partial charge in [-0.15, -0.1) is 0 Å². The van der Waals surface area contributed by atoms with Gasteiger partial charge in [0.1, 0.15) is 18.1 Å². The van der Waals surface area contributed by atoms with Gasteiger partial charge in [-0.3, -0.25) is 4.79 Å². The minimum atomic E-state index is -0.950. The van der Waals surface area contributed by atoms with Crippen molar-refractivity contribution in [3.8, 4) is 11.5 Å². The Morgan fingerprint density at radius 3 is 2.13 bits per heavy atom. The van der Waals surface area contributed by atoms with E-state index in [0.717, 1.165) is 5.56 Å². The summed E-state index contributed by atoms with van der Waals surface area (Å²) in [7, 11) is 1.54. The lowest BCUT2D eigenvalue weighted by atomic mass is 10.2. The maximum absolute atomic E-state index is 12.3. The zero-order valence-corrected chi connectivity index (χ0v) is 16.8. The van der Waals surface area contributed by atoms with Crippen molar-refractivity contribution in [1.82, 2.24) is 0 Å². The van der Waals surface area contributed by atoms with Gasteiger partial charge in [0.15, 0.2) is 6.10 Å². The number of carbonyl (C=O) groups excluding carboxylic acids is 2. The SMILES string of the molecule is COc1ccc(C(=O)O[C@H](C)C(=O)Nc2ccc(OCc3ccccc3)cc2)cc1. The van der Waals surface area contributed by atoms with Gasteiger partial charge in [0.05, 0.1) is 12.7 Å². The van der Waals surface area contributed by atoms with Crippen LogP contribution in [0, 0.1) is 0 Å². The third-order valence-electron chi connectivity index (χ3n) is 4.35. The van der Waals surface area contributed by atoms with Gasteiger partial charge in [0.2, 0.25) is 0 Å². The van der Waals surface area contributed by atoms with E-state index in [-0.39, 0.29) is 0 Å². The molecule has 0 aliphatic rings. The first-order valence-corrected chi connectivity index (χ1v) is 9.48. The van der Waals surface area contributed by atoms with Crippen molar-refractivity contribution in [2.24, 2.45) is 0 Å². The number of carbonyl (C=O) groups is 2. The number of nitrogens with one attached hydrogen (secondary N) is 1. The fraction of sp³-hybridized carbons (Fsp3) is 0.167. The van der Waals surface area contributed by atoms with E-state index in [1.165, 1.54) is 6.92 Å². The van der Waals surface area contributed by atoms with Crippen LogP contribution < -0.4 is 14.8 Å². The zero-order chi connectivity index (χ0) is 21.3. The van der Waals surface area contributed by atoms with E-state index in [4.69, 9.17) is 14.2 Å². The van der Waals surface area contributed by atoms with Crippen LogP contribution in [0.5, 0.6) is 11.5 Å². The number of hydrogen-bond donors (Lipinski definition) is 1. The van der Waals surface area contributed by atoms with E-state index in [1.54, 1.807) is 55.6 Å². The molecule has 1 amide bonds. The van der Waals surface area contributed by atoms with Gasteiger partial charge in [0.25, 0.3) is 5.91 Å². The third-order valence-corrected chi connectivity index (χ3v) is 4.35. The molecule has 30 heavy (non-hydrogen) atoms. The third kappa shape index (κ3) is 5.85. The molecule has 0 spiro atoms. The topological polar surface area (TPSA) is 73.9 Å². The summed E-state index contributed by atoms with van der Waals surface area (Å²) in [6.45, 7) is 1.99. The van der Waals surface area contributed by atoms with E-state index in [2.05, 4.69) is 5.32 Å². The molecule has 154 valence electrons. The molecule has 0 aromatic heterocycles. The average molecular weight is 405 g/mol. The van der Waals surface area contributed by atoms with Crippen LogP contribution in [0.3, 0.4) is 0 Å². The highest BCUT2D eigenvalue weighted by Crippen LogP contribution is 2.18. The maximum atomic E-state index is 12.3. The Morgan fingerprint density at radius 1 is 0.867 bits per heavy atom. The van der Waals surface area contributed by atoms with Gasteiger partial charge >= 0.3 is 5.97 Å². The largest absolute Gasteiger partial charge is 0.497 e. The second-order valence-corrected chi connectivity index (χ2v) is 6.56. The van der Waals surface area contributed by atoms with Crippen molar-refractivity contribution in [2.75, 3.05) is 12.4 Å². The second kappa shape index (κ2) is 10.1. The number of anilines is 1. The van der Waals surface area contributed by atoms with E-state index in [9.17, 15) is 9.59 Å². The number of methoxy groups -OCH3 is 1. The number of rotatable bonds is 8. The molecule has 1 atom stereocenters. The van der Waals surface area contributed by atoms with E-state index >= 15 is 0 Å². The van der Waals surface area contributed by atoms with Crippen LogP contribution in [-0.4, -0.2) is 25.1 Å². The molecule has 0 saturated carbocycles. The highest BCUT2D eigenvalue weighted by Gasteiger charge is 2.19. The standard InChI is InChI=1S/C24H23NO5/c1-17(30-24(27)19-8-12-21(28-2)13-9-19)23(26)25-20-10-14-22(15-11-20)29-16-18-6-4-3-5-7-18/h3-15,17H,16H2,1-2H3,(H,25,26)/t17-/m1/s1. The summed E-state index contributed by atoms with van der Waals surface area (Å²) in [4.78, 5) is 24.5. The predicted octanol–water partition coefficient (Wildman–Crippen LogP) is 4.46. The summed E-state index contributed by atoms with van der Waals surface area (Å²) in [6.07, 6.45) is -0.950. The van der Waals surface area contributed by atoms with Crippen molar-refractivity contribution < 1.29 is 23.8 Å². The number of amides is 1. The fourth-order valence-electron chi connectivity index (χ4n) is 2.63. The fourth-order valence-corrected chi connectivity index (χ4v) is 2.63. The summed E-state index contributed by atoms with van der Waals surface area (Å²) in [6, 6.07) is 23.3. The highest BCUT2D eigenvalue weighted by molar-refractivity contribution is 5.97. The monoisotopic (exact) mass is 405 g/mol. The molecule has 0 fully saturated rings. The van der Waals surface area contributed by atoms with E-state index < -0.39 is 18.0 Å². The first-order chi connectivity index (χ1) is 14.5. The van der Waals surface area contributed by atoms with E-state index in [1.807, 2.05) is 30.3 Å². The van der Waals surface area contributed by atoms with Crippen LogP contribution in [0.4, 0.5) is 5.69 Å². The molecular formula is C24H23NO5. The lowest BCUT2D eigenvalue weighted by Gasteiger charge is -2.14. The van der Waals surface area contributed by atoms with Gasteiger partial charge in [0, 0.05) is 5.69 Å². The molecule has 6 heteroatoms. The quantitative estimate of drug-likeness (QED) is 0.560. The minimum absolute atomic E-state index is 0.343. The average Bonchev–Trinajstić information content (AvgIpc) is 2.79. The smallest absolute Gasteiger partial charge is 0.338 e. The Kier molecular flexibility index (Phi) is 7.05. The van der Waals surface area contributed by atoms with Crippen LogP contribution in [0.15, 0.2) is 78.9 Å². The maximum Gasteiger partial charge on any atom is 0.338 e. The molecule has 3 aromatic rings. The zero-order valence-electron chi connectivity index (χ0n) is 16.8. The molecular weight excluding hydrogens is 382 g/mol. The number of ether oxygens (including phenoxy) is 3. The lowest BCUT2D eigenvalue weighted by Crippen LogP contribution is -2.29. The summed E-state index contributed by atoms with van der Waals surface area (Å²) < 4.78 is 16.0. The highest BCUT2D eigenvalue weighted by atomic mass is 16.5. The summed E-state index contributed by atoms with van der Waals surface area (Å²) in [5.41, 5.74) is 2.00. The molecule has 0 aliphatic carbocycles. The second-order valence-electron chi connectivity index (χ2n) is 6.56. The van der Waals surface area contributed by atoms with Gasteiger partial charge < -0.3 is 19.5 Å². The predicted molar refractivity (Wildman–Crippen MR) is 114 cm³/mol. The molecule has 3 rings (SSSR count). The van der Waals surface area contributed by atoms with Crippen molar-refractivity contribution >= 4 is 17.6 Å². The molecule has 0 saturated heterocycles. The van der Waals surface area contributed by atoms with Crippen LogP contribution in [-0.2, 0) is 16.1 Å². The van der Waals surface area contributed by atoms with Gasteiger partial charge in [-0.05, 0) is 61.0 Å². The minimum Gasteiger partial charge on any atom is -0.497 e. The van der Waals surface area contributed by atoms with E-state index in [0.29, 0.717) is 29.4 Å². The summed E-state index contributed by atoms with van der Waals surface area (Å²) >= 11 is 0. The van der Waals surface area contributed by atoms with Crippen LogP contribution >= 0.6 is 0 Å². The molecule has 0 radical (unpaired) electrons. The lowest BCUT2D eigenvalue weighted by molar-refractivity contribution is -0.123. The normalized spacial score (nSPS) is 11.3. The first-order valence-electron chi connectivity index (χ1n) is 9.48. The Labute approximate surface area is 175 Å². The molecule has 1 N–H and O–H groups in total. The number of benzene rings is 3. The van der Waals surface area contributed by atoms with Gasteiger partial charge in [-0.2, -0.15) is 0 Å². The van der Waals surface area contributed by atoms with Crippen molar-refractivity contribution in [2.45, 2.75) is 19.6 Å². The summed E-state index contributed by atoms with van der Waals surface area (Å²) in [5.74, 6) is 0.323. The molecule has 0 heterocycles. The van der Waals surface area contributed by atoms with Crippen LogP contribution in [0.25, 0.3) is 0 Å². The molecule has 0 aliphatic heterocycles. The molecule has 0 bridgehead atoms. The van der Waals surface area contributed by atoms with Crippen LogP contribution in [0.1, 0.15) is 22.8 Å². The molecule has 6 nitrogen and oxygen atoms in total. The van der Waals surface area contributed by atoms with Gasteiger partial charge in [-0.25, -0.2) is 4.79 Å². The molecule has 0 unspecified atom stereocenters. The Bertz CT molecular complexity index is 969. The Morgan fingerprint density at radius 2 is 1.50 bits per heavy atom. The summed E-state index contributed by atoms with van der Waals surface area (Å²) in [5, 5.41) is 2.73. The Balaban J connectivity index is 1.49. The Hall–Kier alpha value is -3.80. The van der Waals surface area contributed by atoms with Crippen molar-refractivity contribution in [3.63, 3.8) is 0 Å². The first kappa shape index (κ1) is 20.9.